The van der Waals surface area contributed by atoms with E-state index in [1.807, 2.05) is 0 Å². The molecular formula is C13H26O2. The van der Waals surface area contributed by atoms with Gasteiger partial charge in [-0.05, 0) is 37.5 Å². The fourth-order valence-corrected chi connectivity index (χ4v) is 3.04. The van der Waals surface area contributed by atoms with E-state index in [-0.39, 0.29) is 0 Å². The van der Waals surface area contributed by atoms with E-state index in [1.165, 1.54) is 19.3 Å². The molecule has 1 aliphatic rings. The van der Waals surface area contributed by atoms with Crippen molar-refractivity contribution >= 4 is 0 Å². The zero-order valence-corrected chi connectivity index (χ0v) is 10.5. The fraction of sp³-hybridized carbons (Fsp3) is 1.00. The molecule has 2 nitrogen and oxygen atoms in total. The standard InChI is InChI=1S/C13H26O2/c1-11(2)12-7-4-5-8-13(12,14)9-6-10-15-3/h11-12,14H,4-10H2,1-3H3. The lowest BCUT2D eigenvalue weighted by molar-refractivity contribution is -0.0757. The molecule has 2 unspecified atom stereocenters. The average Bonchev–Trinajstić information content (AvgIpc) is 2.18. The number of aliphatic hydroxyl groups is 1. The molecule has 90 valence electrons. The van der Waals surface area contributed by atoms with E-state index < -0.39 is 5.60 Å². The SMILES string of the molecule is COCCCC1(O)CCCCC1C(C)C. The van der Waals surface area contributed by atoms with Crippen LogP contribution in [-0.4, -0.2) is 24.4 Å². The van der Waals surface area contributed by atoms with Crippen LogP contribution in [0.2, 0.25) is 0 Å². The summed E-state index contributed by atoms with van der Waals surface area (Å²) in [6.07, 6.45) is 6.54. The third-order valence-electron chi connectivity index (χ3n) is 3.83. The van der Waals surface area contributed by atoms with Gasteiger partial charge >= 0.3 is 0 Å². The Morgan fingerprint density at radius 2 is 2.13 bits per heavy atom. The van der Waals surface area contributed by atoms with E-state index in [1.54, 1.807) is 7.11 Å². The van der Waals surface area contributed by atoms with E-state index in [9.17, 15) is 5.11 Å². The maximum Gasteiger partial charge on any atom is 0.0679 e. The molecule has 1 aliphatic carbocycles. The van der Waals surface area contributed by atoms with Crippen LogP contribution >= 0.6 is 0 Å². The van der Waals surface area contributed by atoms with Crippen molar-refractivity contribution in [2.24, 2.45) is 11.8 Å². The van der Waals surface area contributed by atoms with E-state index >= 15 is 0 Å². The zero-order valence-electron chi connectivity index (χ0n) is 10.5. The second-order valence-corrected chi connectivity index (χ2v) is 5.30. The van der Waals surface area contributed by atoms with Crippen LogP contribution in [-0.2, 0) is 4.74 Å². The Balaban J connectivity index is 2.51. The summed E-state index contributed by atoms with van der Waals surface area (Å²) < 4.78 is 5.06. The summed E-state index contributed by atoms with van der Waals surface area (Å²) in [5, 5.41) is 10.7. The van der Waals surface area contributed by atoms with E-state index in [2.05, 4.69) is 13.8 Å². The number of hydrogen-bond acceptors (Lipinski definition) is 2. The smallest absolute Gasteiger partial charge is 0.0679 e. The van der Waals surface area contributed by atoms with Gasteiger partial charge in [-0.2, -0.15) is 0 Å². The summed E-state index contributed by atoms with van der Waals surface area (Å²) in [6.45, 7) is 5.24. The highest BCUT2D eigenvalue weighted by Gasteiger charge is 2.39. The number of hydrogen-bond donors (Lipinski definition) is 1. The maximum atomic E-state index is 10.7. The van der Waals surface area contributed by atoms with Crippen LogP contribution in [0.25, 0.3) is 0 Å². The van der Waals surface area contributed by atoms with Gasteiger partial charge in [-0.1, -0.05) is 26.7 Å². The van der Waals surface area contributed by atoms with Crippen LogP contribution < -0.4 is 0 Å². The first-order valence-electron chi connectivity index (χ1n) is 6.31. The van der Waals surface area contributed by atoms with Gasteiger partial charge in [0.05, 0.1) is 5.60 Å². The van der Waals surface area contributed by atoms with Crippen molar-refractivity contribution < 1.29 is 9.84 Å². The third kappa shape index (κ3) is 3.46. The Hall–Kier alpha value is -0.0800. The molecule has 0 spiro atoms. The molecule has 0 aromatic heterocycles. The highest BCUT2D eigenvalue weighted by molar-refractivity contribution is 4.91. The average molecular weight is 214 g/mol. The summed E-state index contributed by atoms with van der Waals surface area (Å²) in [6, 6.07) is 0. The fourth-order valence-electron chi connectivity index (χ4n) is 3.04. The Bertz CT molecular complexity index is 179. The van der Waals surface area contributed by atoms with Crippen LogP contribution in [0.15, 0.2) is 0 Å². The van der Waals surface area contributed by atoms with Crippen LogP contribution in [0.1, 0.15) is 52.4 Å². The van der Waals surface area contributed by atoms with Crippen molar-refractivity contribution in [2.45, 2.75) is 58.0 Å². The van der Waals surface area contributed by atoms with Crippen molar-refractivity contribution in [1.82, 2.24) is 0 Å². The molecule has 0 aromatic carbocycles. The molecule has 0 saturated heterocycles. The lowest BCUT2D eigenvalue weighted by atomic mass is 9.68. The highest BCUT2D eigenvalue weighted by Crippen LogP contribution is 2.41. The van der Waals surface area contributed by atoms with Crippen molar-refractivity contribution in [1.29, 1.82) is 0 Å². The van der Waals surface area contributed by atoms with Gasteiger partial charge in [0.1, 0.15) is 0 Å². The van der Waals surface area contributed by atoms with Gasteiger partial charge in [0.2, 0.25) is 0 Å². The summed E-state index contributed by atoms with van der Waals surface area (Å²) in [4.78, 5) is 0. The molecule has 0 aromatic rings. The Kier molecular flexibility index (Phi) is 5.07. The molecule has 0 heterocycles. The minimum Gasteiger partial charge on any atom is -0.390 e. The molecule has 0 bridgehead atoms. The van der Waals surface area contributed by atoms with Crippen LogP contribution in [0.3, 0.4) is 0 Å². The van der Waals surface area contributed by atoms with Crippen molar-refractivity contribution in [3.8, 4) is 0 Å². The summed E-state index contributed by atoms with van der Waals surface area (Å²) in [7, 11) is 1.73. The molecule has 0 aliphatic heterocycles. The largest absolute Gasteiger partial charge is 0.390 e. The Labute approximate surface area is 94.0 Å². The zero-order chi connectivity index (χ0) is 11.3. The van der Waals surface area contributed by atoms with Crippen molar-refractivity contribution in [2.75, 3.05) is 13.7 Å². The summed E-state index contributed by atoms with van der Waals surface area (Å²) in [5.74, 6) is 1.08. The maximum absolute atomic E-state index is 10.7. The topological polar surface area (TPSA) is 29.5 Å². The van der Waals surface area contributed by atoms with E-state index in [0.29, 0.717) is 11.8 Å². The van der Waals surface area contributed by atoms with E-state index in [0.717, 1.165) is 25.9 Å². The second-order valence-electron chi connectivity index (χ2n) is 5.30. The van der Waals surface area contributed by atoms with Crippen molar-refractivity contribution in [3.05, 3.63) is 0 Å². The van der Waals surface area contributed by atoms with Gasteiger partial charge < -0.3 is 9.84 Å². The van der Waals surface area contributed by atoms with Crippen molar-refractivity contribution in [3.63, 3.8) is 0 Å². The lowest BCUT2D eigenvalue weighted by Gasteiger charge is -2.42. The van der Waals surface area contributed by atoms with Crippen LogP contribution in [0.5, 0.6) is 0 Å². The first kappa shape index (κ1) is 13.0. The Morgan fingerprint density at radius 1 is 1.40 bits per heavy atom. The number of rotatable bonds is 5. The van der Waals surface area contributed by atoms with Gasteiger partial charge in [0.25, 0.3) is 0 Å². The molecule has 2 atom stereocenters. The molecule has 1 saturated carbocycles. The quantitative estimate of drug-likeness (QED) is 0.713. The Morgan fingerprint density at radius 3 is 2.73 bits per heavy atom. The second kappa shape index (κ2) is 5.86. The molecular weight excluding hydrogens is 188 g/mol. The molecule has 2 heteroatoms. The van der Waals surface area contributed by atoms with Gasteiger partial charge in [0.15, 0.2) is 0 Å². The molecule has 1 rings (SSSR count). The third-order valence-corrected chi connectivity index (χ3v) is 3.83. The number of ether oxygens (including phenoxy) is 1. The van der Waals surface area contributed by atoms with Crippen LogP contribution in [0.4, 0.5) is 0 Å². The lowest BCUT2D eigenvalue weighted by Crippen LogP contribution is -2.43. The van der Waals surface area contributed by atoms with Gasteiger partial charge in [-0.3, -0.25) is 0 Å². The molecule has 15 heavy (non-hydrogen) atoms. The minimum atomic E-state index is -0.412. The van der Waals surface area contributed by atoms with Crippen LogP contribution in [0, 0.1) is 11.8 Å². The normalized spacial score (nSPS) is 32.2. The first-order chi connectivity index (χ1) is 7.10. The monoisotopic (exact) mass is 214 g/mol. The molecule has 0 amide bonds. The molecule has 1 N–H and O–H groups in total. The highest BCUT2D eigenvalue weighted by atomic mass is 16.5. The van der Waals surface area contributed by atoms with E-state index in [4.69, 9.17) is 4.74 Å². The van der Waals surface area contributed by atoms with Gasteiger partial charge in [-0.25, -0.2) is 0 Å². The first-order valence-corrected chi connectivity index (χ1v) is 6.31. The predicted molar refractivity (Wildman–Crippen MR) is 62.9 cm³/mol. The number of methoxy groups -OCH3 is 1. The summed E-state index contributed by atoms with van der Waals surface area (Å²) >= 11 is 0. The minimum absolute atomic E-state index is 0.412. The van der Waals surface area contributed by atoms with Gasteiger partial charge in [0, 0.05) is 13.7 Å². The summed E-state index contributed by atoms with van der Waals surface area (Å²) in [5.41, 5.74) is -0.412. The predicted octanol–water partition coefficient (Wildman–Crippen LogP) is 2.99. The molecule has 1 fully saturated rings. The molecule has 0 radical (unpaired) electrons. The van der Waals surface area contributed by atoms with Gasteiger partial charge in [-0.15, -0.1) is 0 Å².